The molecule has 1 aliphatic heterocycles. The first-order chi connectivity index (χ1) is 19.0. The highest BCUT2D eigenvalue weighted by Gasteiger charge is 2.21. The number of aromatic nitrogens is 4. The highest BCUT2D eigenvalue weighted by atomic mass is 32.1. The number of oxime groups is 1. The molecule has 0 atom stereocenters. The van der Waals surface area contributed by atoms with Crippen LogP contribution in [-0.4, -0.2) is 88.6 Å². The number of esters is 1. The first kappa shape index (κ1) is 28.1. The van der Waals surface area contributed by atoms with E-state index in [-0.39, 0.29) is 31.4 Å². The Hall–Kier alpha value is -3.88. The third-order valence-electron chi connectivity index (χ3n) is 5.75. The van der Waals surface area contributed by atoms with E-state index >= 15 is 0 Å². The summed E-state index contributed by atoms with van der Waals surface area (Å²) in [4.78, 5) is 32.4. The number of hydrogen-bond acceptors (Lipinski definition) is 14. The van der Waals surface area contributed by atoms with Crippen LogP contribution in [0, 0.1) is 0 Å². The fourth-order valence-corrected chi connectivity index (χ4v) is 4.68. The topological polar surface area (TPSA) is 162 Å². The highest BCUT2D eigenvalue weighted by Crippen LogP contribution is 2.22. The molecule has 3 aromatic rings. The zero-order valence-electron chi connectivity index (χ0n) is 21.7. The van der Waals surface area contributed by atoms with Crippen molar-refractivity contribution in [3.63, 3.8) is 0 Å². The maximum atomic E-state index is 12.1. The Balaban J connectivity index is 1.50. The quantitative estimate of drug-likeness (QED) is 0.143. The number of ether oxygens (including phenoxy) is 4. The molecule has 14 heteroatoms. The Morgan fingerprint density at radius 1 is 1.23 bits per heavy atom. The van der Waals surface area contributed by atoms with Gasteiger partial charge in [-0.2, -0.15) is 15.0 Å². The minimum absolute atomic E-state index is 0.102. The predicted octanol–water partition coefficient (Wildman–Crippen LogP) is 1.62. The van der Waals surface area contributed by atoms with E-state index in [2.05, 4.69) is 25.1 Å². The number of morpholine rings is 1. The van der Waals surface area contributed by atoms with E-state index < -0.39 is 5.97 Å². The van der Waals surface area contributed by atoms with Gasteiger partial charge < -0.3 is 34.2 Å². The number of methoxy groups -OCH3 is 1. The fourth-order valence-electron chi connectivity index (χ4n) is 3.80. The molecule has 39 heavy (non-hydrogen) atoms. The summed E-state index contributed by atoms with van der Waals surface area (Å²) in [6.07, 6.45) is 2.27. The first-order valence-corrected chi connectivity index (χ1v) is 13.2. The van der Waals surface area contributed by atoms with Crippen LogP contribution in [0.4, 0.5) is 5.95 Å². The lowest BCUT2D eigenvalue weighted by Gasteiger charge is -2.27. The Kier molecular flexibility index (Phi) is 9.94. The molecule has 0 aliphatic carbocycles. The predicted molar refractivity (Wildman–Crippen MR) is 141 cm³/mol. The van der Waals surface area contributed by atoms with Gasteiger partial charge in [0.2, 0.25) is 11.7 Å². The van der Waals surface area contributed by atoms with Crippen LogP contribution in [0.3, 0.4) is 0 Å². The molecule has 2 N–H and O–H groups in total. The maximum Gasteiger partial charge on any atom is 0.361 e. The number of carbonyl (C=O) groups excluding carboxylic acids is 1. The second-order valence-corrected chi connectivity index (χ2v) is 9.42. The fraction of sp³-hybridized carbons (Fsp3) is 0.440. The standard InChI is InChI=1S/C25H30N6O7S/c1-3-37-23(33)22(30-34)19-14-26-21(39-19)13-20-27-24(31-7-10-36-11-8-31)29-25(28-20)38-9-6-16-4-5-17(15-32)18(12-16)35-2/h4-5,12,14,32,34H,3,6-11,13,15H2,1-2H3/b30-22-. The van der Waals surface area contributed by atoms with Crippen LogP contribution in [-0.2, 0) is 33.7 Å². The summed E-state index contributed by atoms with van der Waals surface area (Å²) in [5.74, 6) is 0.805. The normalized spacial score (nSPS) is 13.8. The number of thiazole rings is 1. The van der Waals surface area contributed by atoms with Gasteiger partial charge in [0, 0.05) is 31.3 Å². The number of anilines is 1. The molecular weight excluding hydrogens is 528 g/mol. The molecule has 13 nitrogen and oxygen atoms in total. The van der Waals surface area contributed by atoms with Gasteiger partial charge in [-0.05, 0) is 18.6 Å². The van der Waals surface area contributed by atoms with Crippen molar-refractivity contribution in [2.45, 2.75) is 26.4 Å². The molecule has 1 aromatic carbocycles. The molecule has 0 saturated carbocycles. The zero-order chi connectivity index (χ0) is 27.6. The van der Waals surface area contributed by atoms with Crippen LogP contribution in [0.2, 0.25) is 0 Å². The van der Waals surface area contributed by atoms with Crippen LogP contribution in [0.25, 0.3) is 0 Å². The summed E-state index contributed by atoms with van der Waals surface area (Å²) in [6, 6.07) is 5.78. The summed E-state index contributed by atoms with van der Waals surface area (Å²) >= 11 is 1.18. The second kappa shape index (κ2) is 13.8. The monoisotopic (exact) mass is 558 g/mol. The number of hydrogen-bond donors (Lipinski definition) is 2. The first-order valence-electron chi connectivity index (χ1n) is 12.4. The molecule has 0 spiro atoms. The van der Waals surface area contributed by atoms with E-state index in [0.717, 1.165) is 5.56 Å². The highest BCUT2D eigenvalue weighted by molar-refractivity contribution is 7.14. The minimum atomic E-state index is -0.732. The van der Waals surface area contributed by atoms with Gasteiger partial charge in [-0.3, -0.25) is 0 Å². The van der Waals surface area contributed by atoms with Crippen LogP contribution >= 0.6 is 11.3 Å². The van der Waals surface area contributed by atoms with E-state index in [1.54, 1.807) is 14.0 Å². The SMILES string of the molecule is CCOC(=O)/C(=N\O)c1cnc(Cc2nc(OCCc3ccc(CO)c(OC)c3)nc(N3CCOCC3)n2)s1. The summed E-state index contributed by atoms with van der Waals surface area (Å²) < 4.78 is 21.7. The van der Waals surface area contributed by atoms with Crippen LogP contribution in [0.1, 0.15) is 33.8 Å². The molecule has 1 saturated heterocycles. The van der Waals surface area contributed by atoms with Crippen LogP contribution < -0.4 is 14.4 Å². The van der Waals surface area contributed by atoms with E-state index in [9.17, 15) is 15.1 Å². The van der Waals surface area contributed by atoms with E-state index in [0.29, 0.717) is 72.3 Å². The molecule has 2 aromatic heterocycles. The maximum absolute atomic E-state index is 12.1. The van der Waals surface area contributed by atoms with Gasteiger partial charge in [0.25, 0.3) is 0 Å². The minimum Gasteiger partial charge on any atom is -0.496 e. The summed E-state index contributed by atoms with van der Waals surface area (Å²) in [5, 5.41) is 22.4. The third-order valence-corrected chi connectivity index (χ3v) is 6.76. The summed E-state index contributed by atoms with van der Waals surface area (Å²) in [5.41, 5.74) is 1.48. The van der Waals surface area contributed by atoms with Crippen molar-refractivity contribution in [3.8, 4) is 11.8 Å². The molecule has 1 fully saturated rings. The Labute approximate surface area is 229 Å². The Morgan fingerprint density at radius 3 is 2.77 bits per heavy atom. The molecule has 208 valence electrons. The van der Waals surface area contributed by atoms with Gasteiger partial charge in [0.05, 0.1) is 51.4 Å². The largest absolute Gasteiger partial charge is 0.496 e. The van der Waals surface area contributed by atoms with Crippen molar-refractivity contribution in [1.82, 2.24) is 19.9 Å². The van der Waals surface area contributed by atoms with E-state index in [4.69, 9.17) is 18.9 Å². The van der Waals surface area contributed by atoms with Crippen molar-refractivity contribution >= 4 is 29.0 Å². The van der Waals surface area contributed by atoms with Crippen molar-refractivity contribution in [2.75, 3.05) is 51.5 Å². The van der Waals surface area contributed by atoms with Crippen LogP contribution in [0.5, 0.6) is 11.8 Å². The average molecular weight is 559 g/mol. The van der Waals surface area contributed by atoms with Gasteiger partial charge in [0.1, 0.15) is 16.6 Å². The lowest BCUT2D eigenvalue weighted by Crippen LogP contribution is -2.37. The Bertz CT molecular complexity index is 1300. The van der Waals surface area contributed by atoms with Gasteiger partial charge >= 0.3 is 12.0 Å². The van der Waals surface area contributed by atoms with E-state index in [1.165, 1.54) is 17.5 Å². The van der Waals surface area contributed by atoms with Gasteiger partial charge in [-0.1, -0.05) is 17.3 Å². The summed E-state index contributed by atoms with van der Waals surface area (Å²) in [7, 11) is 1.56. The van der Waals surface area contributed by atoms with Crippen molar-refractivity contribution in [2.24, 2.45) is 5.16 Å². The van der Waals surface area contributed by atoms with Crippen LogP contribution in [0.15, 0.2) is 29.6 Å². The average Bonchev–Trinajstić information content (AvgIpc) is 3.41. The third kappa shape index (κ3) is 7.37. The van der Waals surface area contributed by atoms with Gasteiger partial charge in [-0.15, -0.1) is 11.3 Å². The second-order valence-electron chi connectivity index (χ2n) is 8.30. The molecule has 0 bridgehead atoms. The molecule has 0 amide bonds. The summed E-state index contributed by atoms with van der Waals surface area (Å²) in [6.45, 7) is 4.44. The number of nitrogens with zero attached hydrogens (tertiary/aromatic N) is 6. The Morgan fingerprint density at radius 2 is 2.05 bits per heavy atom. The number of aliphatic hydroxyl groups excluding tert-OH is 1. The van der Waals surface area contributed by atoms with Crippen molar-refractivity contribution in [1.29, 1.82) is 0 Å². The van der Waals surface area contributed by atoms with Crippen molar-refractivity contribution < 1.29 is 34.1 Å². The lowest BCUT2D eigenvalue weighted by molar-refractivity contribution is -0.135. The molecule has 0 unspecified atom stereocenters. The molecule has 0 radical (unpaired) electrons. The molecule has 3 heterocycles. The number of carbonyl (C=O) groups is 1. The van der Waals surface area contributed by atoms with Gasteiger partial charge in [0.15, 0.2) is 0 Å². The molecule has 1 aliphatic rings. The molecular formula is C25H30N6O7S. The zero-order valence-corrected chi connectivity index (χ0v) is 22.5. The van der Waals surface area contributed by atoms with Gasteiger partial charge in [-0.25, -0.2) is 9.78 Å². The van der Waals surface area contributed by atoms with E-state index in [1.807, 2.05) is 23.1 Å². The smallest absolute Gasteiger partial charge is 0.361 e. The number of aliphatic hydroxyl groups is 1. The lowest BCUT2D eigenvalue weighted by atomic mass is 10.1. The molecule has 4 rings (SSSR count). The van der Waals surface area contributed by atoms with Crippen molar-refractivity contribution in [3.05, 3.63) is 51.2 Å². The number of rotatable bonds is 12. The number of benzene rings is 1.